The van der Waals surface area contributed by atoms with Crippen molar-refractivity contribution >= 4 is 99.7 Å². The van der Waals surface area contributed by atoms with Gasteiger partial charge in [0.2, 0.25) is 70.9 Å². The van der Waals surface area contributed by atoms with Crippen molar-refractivity contribution in [2.75, 3.05) is 26.2 Å². The lowest BCUT2D eigenvalue weighted by Crippen LogP contribution is -2.61. The number of carbonyl (C=O) groups excluding carboxylic acids is 12. The number of guanidine groups is 1. The molecule has 4 aromatic rings. The fourth-order valence-electron chi connectivity index (χ4n) is 10.4. The molecule has 0 saturated carbocycles. The molecule has 37 nitrogen and oxygen atoms in total. The van der Waals surface area contributed by atoms with E-state index < -0.39 is 188 Å². The van der Waals surface area contributed by atoms with Gasteiger partial charge in [0, 0.05) is 42.9 Å². The Morgan fingerprint density at radius 3 is 1.39 bits per heavy atom. The number of H-pyrrole nitrogens is 1. The number of benzene rings is 3. The molecule has 0 unspecified atom stereocenters. The summed E-state index contributed by atoms with van der Waals surface area (Å²) in [7, 11) is 0. The van der Waals surface area contributed by atoms with Crippen molar-refractivity contribution in [3.05, 3.63) is 95.7 Å². The molecule has 25 N–H and O–H groups in total. The number of para-hydroxylation sites is 1. The predicted octanol–water partition coefficient (Wildman–Crippen LogP) is -4.87. The van der Waals surface area contributed by atoms with Gasteiger partial charge in [0.1, 0.15) is 65.9 Å². The number of aromatic hydroxyl groups is 2. The number of phenols is 2. The second kappa shape index (κ2) is 42.2. The van der Waals surface area contributed by atoms with E-state index in [2.05, 4.69) is 73.8 Å². The van der Waals surface area contributed by atoms with Gasteiger partial charge in [0.05, 0.1) is 38.3 Å². The molecule has 0 spiro atoms. The first-order chi connectivity index (χ1) is 49.4. The lowest BCUT2D eigenvalue weighted by Gasteiger charge is -2.27. The SMILES string of the molecule is CC(C)C[C@H](NC(=O)[C@H](C)NC(=O)[C@H](CC(=O)O)NC(=O)[C@H](Cc1ccc(O)cc1)NC(=O)[C@H](CC(C)C)NC(=O)[C@H](CO)NC(=O)CNC(=O)[C@H](Cc1c[nH]c2ccccc12)NC(=O)[C@H](CCCN=C(N)N)NC(=O)[C@H](C)N)C(=O)N[C@@H](Cc1ccc(O)cc1)C(=O)NCC(=O)N[C@H](C(=O)O)[C@@H](C)O. The molecule has 0 saturated heterocycles. The molecule has 105 heavy (non-hydrogen) atoms. The number of nitrogens with two attached hydrogens (primary N) is 3. The maximum atomic E-state index is 14.4. The highest BCUT2D eigenvalue weighted by atomic mass is 16.4. The molecule has 0 radical (unpaired) electrons. The van der Waals surface area contributed by atoms with Crippen molar-refractivity contribution in [2.45, 2.75) is 172 Å². The molecule has 37 heteroatoms. The summed E-state index contributed by atoms with van der Waals surface area (Å²) in [6.07, 6.45) is -1.80. The Kier molecular flexibility index (Phi) is 34.5. The number of carboxylic acids is 2. The summed E-state index contributed by atoms with van der Waals surface area (Å²) in [5.74, 6) is -16.3. The number of aliphatic hydroxyl groups is 2. The number of nitrogens with zero attached hydrogens (tertiary/aromatic N) is 1. The quantitative estimate of drug-likeness (QED) is 0.0112. The van der Waals surface area contributed by atoms with Crippen molar-refractivity contribution in [2.24, 2.45) is 34.0 Å². The van der Waals surface area contributed by atoms with Crippen LogP contribution in [-0.2, 0) is 86.4 Å². The minimum absolute atomic E-state index is 0.00585. The van der Waals surface area contributed by atoms with Gasteiger partial charge < -0.3 is 117 Å². The summed E-state index contributed by atoms with van der Waals surface area (Å²) in [6.45, 7) is 7.81. The number of carbonyl (C=O) groups is 14. The van der Waals surface area contributed by atoms with E-state index >= 15 is 0 Å². The van der Waals surface area contributed by atoms with Gasteiger partial charge in [-0.25, -0.2) is 4.79 Å². The molecule has 1 aromatic heterocycles. The van der Waals surface area contributed by atoms with Crippen LogP contribution in [0.2, 0.25) is 0 Å². The standard InChI is InChI=1S/C68H97N17O20/c1-33(2)23-46(63(100)81-48(25-38-14-18-41(88)19-15-38)59(96)75-31-54(91)85-56(37(7)87)67(104)105)79-58(95)36(6)76-62(99)51(28-55(92)93)84-65(102)49(26-39-16-20-42(89)21-17-39)82-64(101)47(24-34(3)4)80-66(103)52(32-86)77-53(90)30-74-60(97)50(27-40-29-73-44-12-9-8-11-43(40)44)83-61(98)45(78-57(94)35(5)69)13-10-22-72-68(70)71/h8-9,11-12,14-21,29,33-37,45-52,56,73,86-89H,10,13,22-28,30-32,69H2,1-7H3,(H,74,97)(H,75,96)(H,76,99)(H,77,90)(H,78,94)(H,79,95)(H,80,103)(H,81,100)(H,82,101)(H,83,98)(H,84,102)(H,85,91)(H,92,93)(H,104,105)(H4,70,71,72)/t35-,36-,37+,45-,46-,47-,48-,49-,50-,51-,52-,56-/m0/s1. The van der Waals surface area contributed by atoms with Crippen LogP contribution in [0.5, 0.6) is 11.5 Å². The molecule has 0 aliphatic carbocycles. The number of hydrogen-bond acceptors (Lipinski definition) is 20. The van der Waals surface area contributed by atoms with Crippen LogP contribution >= 0.6 is 0 Å². The molecule has 0 fully saturated rings. The van der Waals surface area contributed by atoms with Gasteiger partial charge in [-0.3, -0.25) is 67.3 Å². The third-order valence-corrected chi connectivity index (χ3v) is 15.9. The van der Waals surface area contributed by atoms with Gasteiger partial charge in [0.15, 0.2) is 12.0 Å². The van der Waals surface area contributed by atoms with Crippen LogP contribution in [-0.4, -0.2) is 223 Å². The van der Waals surface area contributed by atoms with Crippen molar-refractivity contribution < 1.29 is 97.8 Å². The molecule has 4 rings (SSSR count). The van der Waals surface area contributed by atoms with Gasteiger partial charge in [-0.2, -0.15) is 0 Å². The number of nitrogens with one attached hydrogen (secondary N) is 13. The van der Waals surface area contributed by atoms with E-state index in [1.165, 1.54) is 62.4 Å². The molecule has 1 heterocycles. The van der Waals surface area contributed by atoms with Crippen LogP contribution in [0.4, 0.5) is 0 Å². The number of fused-ring (bicyclic) bond motifs is 1. The van der Waals surface area contributed by atoms with Crippen LogP contribution in [0.1, 0.15) is 97.3 Å². The first kappa shape index (κ1) is 85.9. The van der Waals surface area contributed by atoms with Gasteiger partial charge in [-0.05, 0) is 105 Å². The second-order valence-electron chi connectivity index (χ2n) is 25.9. The molecular formula is C68H97N17O20. The maximum Gasteiger partial charge on any atom is 0.328 e. The number of phenolic OH excluding ortho intramolecular Hbond substituents is 2. The van der Waals surface area contributed by atoms with E-state index in [0.717, 1.165) is 6.92 Å². The Bertz CT molecular complexity index is 3710. The van der Waals surface area contributed by atoms with Gasteiger partial charge in [-0.1, -0.05) is 70.2 Å². The zero-order chi connectivity index (χ0) is 78.4. The Hall–Kier alpha value is -11.5. The topological polar surface area (TPSA) is 611 Å². The van der Waals surface area contributed by atoms with Crippen LogP contribution in [0.25, 0.3) is 10.9 Å². The van der Waals surface area contributed by atoms with Crippen LogP contribution in [0.15, 0.2) is 84.0 Å². The highest BCUT2D eigenvalue weighted by Gasteiger charge is 2.36. The number of aliphatic hydroxyl groups excluding tert-OH is 2. The van der Waals surface area contributed by atoms with Crippen molar-refractivity contribution in [1.82, 2.24) is 68.8 Å². The number of aliphatic imine (C=N–C) groups is 1. The van der Waals surface area contributed by atoms with E-state index in [0.29, 0.717) is 27.6 Å². The summed E-state index contributed by atoms with van der Waals surface area (Å²) in [4.78, 5) is 196. The van der Waals surface area contributed by atoms with Gasteiger partial charge in [0.25, 0.3) is 0 Å². The summed E-state index contributed by atoms with van der Waals surface area (Å²) < 4.78 is 0. The average molecular weight is 1470 g/mol. The van der Waals surface area contributed by atoms with Crippen LogP contribution < -0.4 is 81.0 Å². The highest BCUT2D eigenvalue weighted by molar-refractivity contribution is 6.00. The summed E-state index contributed by atoms with van der Waals surface area (Å²) in [5.41, 5.74) is 18.7. The monoisotopic (exact) mass is 1470 g/mol. The molecule has 0 aliphatic heterocycles. The fraction of sp³-hybridized carbons (Fsp3) is 0.485. The lowest BCUT2D eigenvalue weighted by molar-refractivity contribution is -0.144. The van der Waals surface area contributed by atoms with Gasteiger partial charge in [-0.15, -0.1) is 0 Å². The average Bonchev–Trinajstić information content (AvgIpc) is 1.69. The Balaban J connectivity index is 1.51. The third-order valence-electron chi connectivity index (χ3n) is 15.9. The lowest BCUT2D eigenvalue weighted by atomic mass is 10.00. The number of aliphatic carboxylic acids is 2. The van der Waals surface area contributed by atoms with E-state index in [1.54, 1.807) is 58.2 Å². The van der Waals surface area contributed by atoms with Crippen LogP contribution in [0.3, 0.4) is 0 Å². The van der Waals surface area contributed by atoms with Crippen molar-refractivity contribution in [1.29, 1.82) is 0 Å². The first-order valence-corrected chi connectivity index (χ1v) is 33.7. The number of amides is 12. The number of hydrogen-bond donors (Lipinski definition) is 22. The number of rotatable bonds is 43. The predicted molar refractivity (Wildman–Crippen MR) is 378 cm³/mol. The normalized spacial score (nSPS) is 14.6. The number of carboxylic acid groups (broad SMARTS) is 2. The molecule has 0 bridgehead atoms. The molecular weight excluding hydrogens is 1370 g/mol. The zero-order valence-electron chi connectivity index (χ0n) is 59.2. The minimum Gasteiger partial charge on any atom is -0.508 e. The summed E-state index contributed by atoms with van der Waals surface area (Å²) in [6, 6.07) is 0.947. The Labute approximate surface area is 603 Å². The maximum absolute atomic E-state index is 14.4. The molecule has 574 valence electrons. The van der Waals surface area contributed by atoms with E-state index in [9.17, 15) is 97.8 Å². The zero-order valence-corrected chi connectivity index (χ0v) is 59.2. The Morgan fingerprint density at radius 1 is 0.486 bits per heavy atom. The van der Waals surface area contributed by atoms with Gasteiger partial charge >= 0.3 is 11.9 Å². The van der Waals surface area contributed by atoms with E-state index in [1.807, 2.05) is 0 Å². The molecule has 0 aliphatic rings. The third kappa shape index (κ3) is 29.8. The summed E-state index contributed by atoms with van der Waals surface area (Å²) in [5, 5.41) is 89.2. The highest BCUT2D eigenvalue weighted by Crippen LogP contribution is 2.21. The van der Waals surface area contributed by atoms with E-state index in [4.69, 9.17) is 17.2 Å². The fourth-order valence-corrected chi connectivity index (χ4v) is 10.4. The van der Waals surface area contributed by atoms with Crippen molar-refractivity contribution in [3.8, 4) is 11.5 Å². The van der Waals surface area contributed by atoms with Crippen molar-refractivity contribution in [3.63, 3.8) is 0 Å². The molecule has 12 atom stereocenters. The number of aromatic nitrogens is 1. The first-order valence-electron chi connectivity index (χ1n) is 33.7. The largest absolute Gasteiger partial charge is 0.508 e. The Morgan fingerprint density at radius 2 is 0.914 bits per heavy atom. The number of aromatic amines is 1. The summed E-state index contributed by atoms with van der Waals surface area (Å²) >= 11 is 0. The smallest absolute Gasteiger partial charge is 0.328 e. The van der Waals surface area contributed by atoms with E-state index in [-0.39, 0.29) is 74.4 Å². The minimum atomic E-state index is -1.98. The molecule has 12 amide bonds. The second-order valence-corrected chi connectivity index (χ2v) is 25.9. The molecule has 3 aromatic carbocycles. The van der Waals surface area contributed by atoms with Crippen LogP contribution in [0, 0.1) is 11.8 Å².